The first-order valence-electron chi connectivity index (χ1n) is 7.93. The molecule has 128 valence electrons. The summed E-state index contributed by atoms with van der Waals surface area (Å²) < 4.78 is 13.4. The maximum atomic E-state index is 9.35. The molecule has 0 fully saturated rings. The highest BCUT2D eigenvalue weighted by molar-refractivity contribution is 5.56. The van der Waals surface area contributed by atoms with Crippen molar-refractivity contribution in [1.29, 1.82) is 10.5 Å². The molecule has 0 unspecified atom stereocenters. The van der Waals surface area contributed by atoms with Crippen LogP contribution in [0.5, 0.6) is 23.3 Å². The van der Waals surface area contributed by atoms with Crippen LogP contribution < -0.4 is 9.47 Å². The topological polar surface area (TPSA) is 96.8 Å². The predicted octanol–water partition coefficient (Wildman–Crippen LogP) is 3.71. The molecule has 3 rings (SSSR count). The van der Waals surface area contributed by atoms with Crippen molar-refractivity contribution in [3.8, 4) is 35.4 Å². The highest BCUT2D eigenvalue weighted by Gasteiger charge is 2.22. The molecule has 7 nitrogen and oxygen atoms in total. The third kappa shape index (κ3) is 3.19. The minimum Gasteiger partial charge on any atom is -0.447 e. The molecule has 0 radical (unpaired) electrons. The van der Waals surface area contributed by atoms with Crippen LogP contribution in [0.1, 0.15) is 23.7 Å². The maximum Gasteiger partial charge on any atom is 0.263 e. The first-order chi connectivity index (χ1) is 12.7. The number of ether oxygens (including phenoxy) is 2. The van der Waals surface area contributed by atoms with E-state index in [4.69, 9.17) is 9.47 Å². The second kappa shape index (κ2) is 7.37. The predicted molar refractivity (Wildman–Crippen MR) is 92.8 cm³/mol. The van der Waals surface area contributed by atoms with E-state index >= 15 is 0 Å². The van der Waals surface area contributed by atoms with E-state index in [2.05, 4.69) is 10.1 Å². The molecular formula is C19H15N5O2. The Kier molecular flexibility index (Phi) is 4.82. The zero-order valence-electron chi connectivity index (χ0n) is 14.3. The third-order valence-corrected chi connectivity index (χ3v) is 3.65. The van der Waals surface area contributed by atoms with Gasteiger partial charge in [-0.2, -0.15) is 15.6 Å². The van der Waals surface area contributed by atoms with Gasteiger partial charge in [0.05, 0.1) is 11.1 Å². The molecule has 0 atom stereocenters. The molecule has 0 N–H and O–H groups in total. The van der Waals surface area contributed by atoms with Crippen LogP contribution >= 0.6 is 0 Å². The van der Waals surface area contributed by atoms with Gasteiger partial charge in [-0.05, 0) is 24.6 Å². The first-order valence-corrected chi connectivity index (χ1v) is 7.93. The Labute approximate surface area is 150 Å². The molecule has 0 aliphatic carbocycles. The number of para-hydroxylation sites is 1. The molecule has 1 aromatic carbocycles. The van der Waals surface area contributed by atoms with Gasteiger partial charge in [0.2, 0.25) is 11.6 Å². The van der Waals surface area contributed by atoms with E-state index in [-0.39, 0.29) is 16.9 Å². The summed E-state index contributed by atoms with van der Waals surface area (Å²) in [5.41, 5.74) is 1.17. The summed E-state index contributed by atoms with van der Waals surface area (Å²) in [7, 11) is 1.73. The molecule has 0 saturated heterocycles. The minimum absolute atomic E-state index is 0.186. The van der Waals surface area contributed by atoms with E-state index in [1.54, 1.807) is 54.3 Å². The normalized spacial score (nSPS) is 10.0. The van der Waals surface area contributed by atoms with Gasteiger partial charge in [0.1, 0.15) is 17.8 Å². The van der Waals surface area contributed by atoms with Crippen molar-refractivity contribution in [2.24, 2.45) is 7.05 Å². The number of benzene rings is 1. The van der Waals surface area contributed by atoms with Crippen molar-refractivity contribution in [3.63, 3.8) is 0 Å². The fourth-order valence-electron chi connectivity index (χ4n) is 2.42. The summed E-state index contributed by atoms with van der Waals surface area (Å²) in [6, 6.07) is 14.2. The van der Waals surface area contributed by atoms with Crippen LogP contribution in [0.15, 0.2) is 42.6 Å². The van der Waals surface area contributed by atoms with Crippen molar-refractivity contribution in [2.45, 2.75) is 13.3 Å². The number of rotatable bonds is 5. The van der Waals surface area contributed by atoms with Gasteiger partial charge in [0.25, 0.3) is 5.88 Å². The Balaban J connectivity index is 2.09. The number of hydrogen-bond acceptors (Lipinski definition) is 6. The lowest BCUT2D eigenvalue weighted by atomic mass is 10.1. The number of nitrogens with zero attached hydrogens (tertiary/aromatic N) is 5. The van der Waals surface area contributed by atoms with Gasteiger partial charge in [0, 0.05) is 19.3 Å². The van der Waals surface area contributed by atoms with Crippen LogP contribution in [-0.2, 0) is 13.5 Å². The van der Waals surface area contributed by atoms with E-state index in [1.165, 1.54) is 0 Å². The first kappa shape index (κ1) is 17.0. The lowest BCUT2D eigenvalue weighted by molar-refractivity contribution is 0.381. The number of aryl methyl sites for hydroxylation is 2. The molecule has 0 spiro atoms. The van der Waals surface area contributed by atoms with Crippen molar-refractivity contribution in [1.82, 2.24) is 14.8 Å². The van der Waals surface area contributed by atoms with Crippen molar-refractivity contribution in [2.75, 3.05) is 0 Å². The molecule has 2 aromatic heterocycles. The summed E-state index contributed by atoms with van der Waals surface area (Å²) in [6.07, 6.45) is 2.21. The molecule has 2 heterocycles. The molecule has 0 saturated carbocycles. The van der Waals surface area contributed by atoms with Gasteiger partial charge >= 0.3 is 0 Å². The smallest absolute Gasteiger partial charge is 0.263 e. The summed E-state index contributed by atoms with van der Waals surface area (Å²) in [6.45, 7) is 1.93. The van der Waals surface area contributed by atoms with Gasteiger partial charge in [-0.25, -0.2) is 9.67 Å². The average Bonchev–Trinajstić information content (AvgIpc) is 2.97. The molecule has 0 aliphatic rings. The molecule has 3 aromatic rings. The fraction of sp³-hybridized carbons (Fsp3) is 0.158. The fourth-order valence-corrected chi connectivity index (χ4v) is 2.42. The van der Waals surface area contributed by atoms with Crippen molar-refractivity contribution >= 4 is 0 Å². The molecule has 0 aliphatic heterocycles. The van der Waals surface area contributed by atoms with Crippen molar-refractivity contribution in [3.05, 3.63) is 59.4 Å². The number of pyridine rings is 1. The number of hydrogen-bond donors (Lipinski definition) is 0. The molecule has 0 bridgehead atoms. The average molecular weight is 345 g/mol. The Hall–Kier alpha value is -3.84. The van der Waals surface area contributed by atoms with Crippen LogP contribution in [0.4, 0.5) is 0 Å². The summed E-state index contributed by atoms with van der Waals surface area (Å²) in [5.74, 6) is 1.28. The molecule has 7 heteroatoms. The van der Waals surface area contributed by atoms with E-state index in [9.17, 15) is 10.5 Å². The second-order valence-corrected chi connectivity index (χ2v) is 5.34. The minimum atomic E-state index is 0.186. The van der Waals surface area contributed by atoms with Crippen molar-refractivity contribution < 1.29 is 9.47 Å². The Morgan fingerprint density at radius 1 is 1.00 bits per heavy atom. The Morgan fingerprint density at radius 2 is 1.73 bits per heavy atom. The van der Waals surface area contributed by atoms with Crippen LogP contribution in [0.2, 0.25) is 0 Å². The van der Waals surface area contributed by atoms with Gasteiger partial charge in [0.15, 0.2) is 5.75 Å². The number of aromatic nitrogens is 3. The second-order valence-electron chi connectivity index (χ2n) is 5.34. The third-order valence-electron chi connectivity index (χ3n) is 3.65. The monoisotopic (exact) mass is 345 g/mol. The largest absolute Gasteiger partial charge is 0.447 e. The lowest BCUT2D eigenvalue weighted by Gasteiger charge is -2.11. The standard InChI is InChI=1S/C19H15N5O2/c1-3-15-18(26-17-13(11-20)7-6-8-14(17)12-21)19(24(2)23-15)25-16-9-4-5-10-22-16/h4-10H,3H2,1-2H3. The molecular weight excluding hydrogens is 330 g/mol. The summed E-state index contributed by atoms with van der Waals surface area (Å²) >= 11 is 0. The molecule has 0 amide bonds. The highest BCUT2D eigenvalue weighted by Crippen LogP contribution is 2.39. The Morgan fingerprint density at radius 3 is 2.31 bits per heavy atom. The van der Waals surface area contributed by atoms with E-state index in [0.717, 1.165) is 0 Å². The van der Waals surface area contributed by atoms with Gasteiger partial charge in [-0.3, -0.25) is 0 Å². The van der Waals surface area contributed by atoms with Crippen LogP contribution in [0.25, 0.3) is 0 Å². The highest BCUT2D eigenvalue weighted by atomic mass is 16.5. The van der Waals surface area contributed by atoms with E-state index in [0.29, 0.717) is 29.6 Å². The number of nitriles is 2. The Bertz CT molecular complexity index is 981. The summed E-state index contributed by atoms with van der Waals surface area (Å²) in [4.78, 5) is 4.14. The van der Waals surface area contributed by atoms with Crippen LogP contribution in [-0.4, -0.2) is 14.8 Å². The van der Waals surface area contributed by atoms with Gasteiger partial charge < -0.3 is 9.47 Å². The summed E-state index contributed by atoms with van der Waals surface area (Å²) in [5, 5.41) is 23.1. The van der Waals surface area contributed by atoms with Crippen LogP contribution in [0.3, 0.4) is 0 Å². The quantitative estimate of drug-likeness (QED) is 0.699. The van der Waals surface area contributed by atoms with E-state index < -0.39 is 0 Å². The van der Waals surface area contributed by atoms with E-state index in [1.807, 2.05) is 19.1 Å². The SMILES string of the molecule is CCc1nn(C)c(Oc2ccccn2)c1Oc1c(C#N)cccc1C#N. The maximum absolute atomic E-state index is 9.35. The van der Waals surface area contributed by atoms with Gasteiger partial charge in [-0.1, -0.05) is 19.1 Å². The van der Waals surface area contributed by atoms with Crippen LogP contribution in [0, 0.1) is 22.7 Å². The lowest BCUT2D eigenvalue weighted by Crippen LogP contribution is -1.98. The van der Waals surface area contributed by atoms with Gasteiger partial charge in [-0.15, -0.1) is 0 Å². The zero-order valence-corrected chi connectivity index (χ0v) is 14.3. The molecule has 26 heavy (non-hydrogen) atoms. The zero-order chi connectivity index (χ0) is 18.5.